The minimum absolute atomic E-state index is 0.224. The van der Waals surface area contributed by atoms with Crippen molar-refractivity contribution >= 4 is 11.6 Å². The van der Waals surface area contributed by atoms with Crippen LogP contribution in [-0.4, -0.2) is 18.2 Å². The number of hydrogen-bond acceptors (Lipinski definition) is 4. The summed E-state index contributed by atoms with van der Waals surface area (Å²) in [5, 5.41) is 4.27. The van der Waals surface area contributed by atoms with Crippen LogP contribution >= 0.6 is 11.6 Å². The molecule has 0 radical (unpaired) electrons. The number of hydrogen-bond donors (Lipinski definition) is 1. The van der Waals surface area contributed by atoms with Crippen LogP contribution in [0.1, 0.15) is 36.9 Å². The molecule has 1 unspecified atom stereocenters. The van der Waals surface area contributed by atoms with E-state index in [0.29, 0.717) is 18.2 Å². The fourth-order valence-electron chi connectivity index (χ4n) is 2.83. The number of rotatable bonds is 5. The summed E-state index contributed by atoms with van der Waals surface area (Å²) >= 11 is 6.27. The topological polar surface area (TPSA) is 43.4 Å². The Balaban J connectivity index is 1.73. The van der Waals surface area contributed by atoms with E-state index < -0.39 is 0 Å². The Kier molecular flexibility index (Phi) is 5.36. The zero-order valence-corrected chi connectivity index (χ0v) is 14.0. The Labute approximate surface area is 141 Å². The Morgan fingerprint density at radius 2 is 2.30 bits per heavy atom. The van der Waals surface area contributed by atoms with E-state index in [4.69, 9.17) is 21.1 Å². The van der Waals surface area contributed by atoms with E-state index in [2.05, 4.69) is 16.4 Å². The fourth-order valence-corrected chi connectivity index (χ4v) is 3.06. The maximum absolute atomic E-state index is 6.27. The summed E-state index contributed by atoms with van der Waals surface area (Å²) in [6, 6.07) is 8.18. The van der Waals surface area contributed by atoms with E-state index in [1.165, 1.54) is 0 Å². The average molecular weight is 333 g/mol. The van der Waals surface area contributed by atoms with Crippen molar-refractivity contribution in [2.24, 2.45) is 0 Å². The van der Waals surface area contributed by atoms with Gasteiger partial charge in [-0.05, 0) is 37.5 Å². The molecule has 0 amide bonds. The van der Waals surface area contributed by atoms with E-state index in [1.807, 2.05) is 31.3 Å². The maximum Gasteiger partial charge on any atom is 0.142 e. The monoisotopic (exact) mass is 332 g/mol. The first-order chi connectivity index (χ1) is 11.3. The van der Waals surface area contributed by atoms with Gasteiger partial charge in [0.05, 0.1) is 24.4 Å². The Hall–Kier alpha value is -1.78. The number of aromatic nitrogens is 1. The highest BCUT2D eigenvalue weighted by Crippen LogP contribution is 2.37. The number of nitrogens with one attached hydrogen (secondary N) is 1. The molecule has 1 N–H and O–H groups in total. The van der Waals surface area contributed by atoms with Gasteiger partial charge in [0, 0.05) is 24.3 Å². The maximum atomic E-state index is 6.27. The SMILES string of the molecule is CCOc1cncc(CNC2CCCOc3c(Cl)cccc32)c1. The van der Waals surface area contributed by atoms with Gasteiger partial charge in [-0.1, -0.05) is 23.7 Å². The predicted molar refractivity (Wildman–Crippen MR) is 91.2 cm³/mol. The molecule has 0 saturated heterocycles. The highest BCUT2D eigenvalue weighted by molar-refractivity contribution is 6.32. The molecule has 0 aliphatic carbocycles. The number of ether oxygens (including phenoxy) is 2. The standard InChI is InChI=1S/C18H21ClN2O2/c1-2-22-14-9-13(10-20-12-14)11-21-17-7-4-8-23-18-15(17)5-3-6-16(18)19/h3,5-6,9-10,12,17,21H,2,4,7-8,11H2,1H3. The van der Waals surface area contributed by atoms with Crippen molar-refractivity contribution in [3.8, 4) is 11.5 Å². The highest BCUT2D eigenvalue weighted by Gasteiger charge is 2.21. The van der Waals surface area contributed by atoms with E-state index in [1.54, 1.807) is 6.20 Å². The number of fused-ring (bicyclic) bond motifs is 1. The molecule has 0 bridgehead atoms. The molecule has 1 aliphatic rings. The molecule has 23 heavy (non-hydrogen) atoms. The molecule has 1 aromatic carbocycles. The second-order valence-corrected chi connectivity index (χ2v) is 5.95. The lowest BCUT2D eigenvalue weighted by molar-refractivity contribution is 0.315. The molecule has 2 aromatic rings. The van der Waals surface area contributed by atoms with Crippen molar-refractivity contribution in [1.82, 2.24) is 10.3 Å². The lowest BCUT2D eigenvalue weighted by atomic mass is 10.0. The minimum atomic E-state index is 0.224. The highest BCUT2D eigenvalue weighted by atomic mass is 35.5. The van der Waals surface area contributed by atoms with E-state index in [-0.39, 0.29) is 6.04 Å². The second kappa shape index (κ2) is 7.66. The third kappa shape index (κ3) is 3.95. The molecule has 5 heteroatoms. The molecule has 1 aromatic heterocycles. The van der Waals surface area contributed by atoms with Crippen molar-refractivity contribution in [3.63, 3.8) is 0 Å². The summed E-state index contributed by atoms with van der Waals surface area (Å²) in [6.45, 7) is 4.04. The summed E-state index contributed by atoms with van der Waals surface area (Å²) in [6.07, 6.45) is 5.62. The first kappa shape index (κ1) is 16.1. The molecule has 0 spiro atoms. The van der Waals surface area contributed by atoms with Crippen LogP contribution < -0.4 is 14.8 Å². The molecule has 0 fully saturated rings. The van der Waals surface area contributed by atoms with Crippen molar-refractivity contribution in [2.75, 3.05) is 13.2 Å². The van der Waals surface area contributed by atoms with Crippen molar-refractivity contribution in [1.29, 1.82) is 0 Å². The summed E-state index contributed by atoms with van der Waals surface area (Å²) < 4.78 is 11.3. The van der Waals surface area contributed by atoms with Gasteiger partial charge in [0.1, 0.15) is 11.5 Å². The fraction of sp³-hybridized carbons (Fsp3) is 0.389. The minimum Gasteiger partial charge on any atom is -0.492 e. The van der Waals surface area contributed by atoms with Gasteiger partial charge in [-0.25, -0.2) is 0 Å². The zero-order chi connectivity index (χ0) is 16.1. The van der Waals surface area contributed by atoms with Gasteiger partial charge in [-0.2, -0.15) is 0 Å². The number of pyridine rings is 1. The Morgan fingerprint density at radius 1 is 1.39 bits per heavy atom. The summed E-state index contributed by atoms with van der Waals surface area (Å²) in [5.74, 6) is 1.62. The van der Waals surface area contributed by atoms with Gasteiger partial charge >= 0.3 is 0 Å². The van der Waals surface area contributed by atoms with Gasteiger partial charge in [-0.15, -0.1) is 0 Å². The largest absolute Gasteiger partial charge is 0.492 e. The molecular weight excluding hydrogens is 312 g/mol. The smallest absolute Gasteiger partial charge is 0.142 e. The van der Waals surface area contributed by atoms with E-state index in [9.17, 15) is 0 Å². The molecule has 3 rings (SSSR count). The molecular formula is C18H21ClN2O2. The molecule has 4 nitrogen and oxygen atoms in total. The number of benzene rings is 1. The summed E-state index contributed by atoms with van der Waals surface area (Å²) in [4.78, 5) is 4.23. The molecule has 0 saturated carbocycles. The van der Waals surface area contributed by atoms with Crippen LogP contribution in [0.15, 0.2) is 36.7 Å². The van der Waals surface area contributed by atoms with Crippen LogP contribution in [0, 0.1) is 0 Å². The van der Waals surface area contributed by atoms with Crippen molar-refractivity contribution in [2.45, 2.75) is 32.4 Å². The number of halogens is 1. The Morgan fingerprint density at radius 3 is 3.17 bits per heavy atom. The normalized spacial score (nSPS) is 17.0. The average Bonchev–Trinajstić information content (AvgIpc) is 2.77. The lowest BCUT2D eigenvalue weighted by Gasteiger charge is -2.19. The van der Waals surface area contributed by atoms with Crippen LogP contribution in [0.2, 0.25) is 5.02 Å². The van der Waals surface area contributed by atoms with E-state index in [0.717, 1.165) is 42.0 Å². The van der Waals surface area contributed by atoms with Crippen LogP contribution in [0.4, 0.5) is 0 Å². The van der Waals surface area contributed by atoms with Crippen LogP contribution in [0.5, 0.6) is 11.5 Å². The first-order valence-electron chi connectivity index (χ1n) is 7.99. The molecule has 122 valence electrons. The predicted octanol–water partition coefficient (Wildman–Crippen LogP) is 4.14. The second-order valence-electron chi connectivity index (χ2n) is 5.54. The van der Waals surface area contributed by atoms with Gasteiger partial charge < -0.3 is 14.8 Å². The third-order valence-corrected chi connectivity index (χ3v) is 4.19. The number of nitrogens with zero attached hydrogens (tertiary/aromatic N) is 1. The quantitative estimate of drug-likeness (QED) is 0.893. The molecule has 1 atom stereocenters. The third-order valence-electron chi connectivity index (χ3n) is 3.89. The van der Waals surface area contributed by atoms with Crippen molar-refractivity contribution in [3.05, 3.63) is 52.8 Å². The molecule has 1 aliphatic heterocycles. The molecule has 2 heterocycles. The van der Waals surface area contributed by atoms with Gasteiger partial charge in [0.2, 0.25) is 0 Å². The first-order valence-corrected chi connectivity index (χ1v) is 8.37. The Bertz CT molecular complexity index is 663. The summed E-state index contributed by atoms with van der Waals surface area (Å²) in [7, 11) is 0. The van der Waals surface area contributed by atoms with Gasteiger partial charge in [0.25, 0.3) is 0 Å². The van der Waals surface area contributed by atoms with E-state index >= 15 is 0 Å². The summed E-state index contributed by atoms with van der Waals surface area (Å²) in [5.41, 5.74) is 2.23. The number of para-hydroxylation sites is 1. The van der Waals surface area contributed by atoms with Crippen LogP contribution in [-0.2, 0) is 6.54 Å². The lowest BCUT2D eigenvalue weighted by Crippen LogP contribution is -2.20. The van der Waals surface area contributed by atoms with Crippen LogP contribution in [0.3, 0.4) is 0 Å². The van der Waals surface area contributed by atoms with Gasteiger partial charge in [0.15, 0.2) is 0 Å². The van der Waals surface area contributed by atoms with Gasteiger partial charge in [-0.3, -0.25) is 4.98 Å². The zero-order valence-electron chi connectivity index (χ0n) is 13.2. The van der Waals surface area contributed by atoms with Crippen LogP contribution in [0.25, 0.3) is 0 Å². The van der Waals surface area contributed by atoms with Crippen molar-refractivity contribution < 1.29 is 9.47 Å².